The molecule has 1 aliphatic carbocycles. The Morgan fingerprint density at radius 1 is 1.19 bits per heavy atom. The Balaban J connectivity index is 0.00000272. The number of pyridine rings is 2. The number of alkyl halides is 3. The maximum Gasteiger partial charge on any atom is 0.417 e. The van der Waals surface area contributed by atoms with Crippen molar-refractivity contribution in [2.45, 2.75) is 37.5 Å². The molecule has 0 unspecified atom stereocenters. The van der Waals surface area contributed by atoms with Gasteiger partial charge in [0.1, 0.15) is 17.1 Å². The molecule has 0 radical (unpaired) electrons. The van der Waals surface area contributed by atoms with Gasteiger partial charge in [0.25, 0.3) is 0 Å². The van der Waals surface area contributed by atoms with Crippen LogP contribution in [0.2, 0.25) is 0 Å². The number of rotatable bonds is 4. The van der Waals surface area contributed by atoms with Gasteiger partial charge in [0, 0.05) is 18.9 Å². The molecule has 0 bridgehead atoms. The molecule has 1 aliphatic heterocycles. The zero-order valence-corrected chi connectivity index (χ0v) is 17.2. The quantitative estimate of drug-likeness (QED) is 0.510. The molecule has 1 spiro atoms. The molecule has 6 nitrogen and oxygen atoms in total. The van der Waals surface area contributed by atoms with E-state index in [4.69, 9.17) is 4.74 Å². The van der Waals surface area contributed by atoms with Crippen LogP contribution < -0.4 is 10.2 Å². The van der Waals surface area contributed by atoms with Gasteiger partial charge < -0.3 is 10.1 Å². The third-order valence-corrected chi connectivity index (χ3v) is 5.68. The van der Waals surface area contributed by atoms with Gasteiger partial charge in [-0.25, -0.2) is 14.8 Å². The van der Waals surface area contributed by atoms with E-state index >= 15 is 0 Å². The number of carbonyl (C=O) groups is 1. The number of ether oxygens (including phenoxy) is 1. The Labute approximate surface area is 182 Å². The fraction of sp³-hybridized carbons (Fsp3) is 0.450. The van der Waals surface area contributed by atoms with Gasteiger partial charge in [0.2, 0.25) is 5.95 Å². The molecule has 0 aromatic carbocycles. The van der Waals surface area contributed by atoms with E-state index in [1.165, 1.54) is 23.2 Å². The summed E-state index contributed by atoms with van der Waals surface area (Å²) in [4.78, 5) is 21.0. The molecular formula is C20H21ClF4N4O2. The number of nitrogens with one attached hydrogen (secondary N) is 1. The normalized spacial score (nSPS) is 23.4. The van der Waals surface area contributed by atoms with Gasteiger partial charge in [-0.2, -0.15) is 17.6 Å². The van der Waals surface area contributed by atoms with Gasteiger partial charge >= 0.3 is 12.3 Å². The van der Waals surface area contributed by atoms with Crippen molar-refractivity contribution in [3.8, 4) is 0 Å². The number of hydrogen-bond acceptors (Lipinski definition) is 5. The summed E-state index contributed by atoms with van der Waals surface area (Å²) in [6.07, 6.45) is -0.0636. The first-order chi connectivity index (χ1) is 14.3. The Hall–Kier alpha value is -2.62. The van der Waals surface area contributed by atoms with Gasteiger partial charge in [-0.1, -0.05) is 0 Å². The Morgan fingerprint density at radius 3 is 2.55 bits per heavy atom. The topological polar surface area (TPSA) is 67.3 Å². The largest absolute Gasteiger partial charge is 0.441 e. The number of halogens is 5. The predicted molar refractivity (Wildman–Crippen MR) is 108 cm³/mol. The van der Waals surface area contributed by atoms with E-state index in [2.05, 4.69) is 15.3 Å². The van der Waals surface area contributed by atoms with Crippen molar-refractivity contribution in [2.75, 3.05) is 23.3 Å². The smallest absolute Gasteiger partial charge is 0.417 e. The highest BCUT2D eigenvalue weighted by molar-refractivity contribution is 5.90. The van der Waals surface area contributed by atoms with Crippen molar-refractivity contribution in [1.29, 1.82) is 0 Å². The van der Waals surface area contributed by atoms with E-state index < -0.39 is 29.4 Å². The summed E-state index contributed by atoms with van der Waals surface area (Å²) in [7, 11) is 0. The lowest BCUT2D eigenvalue weighted by Gasteiger charge is -2.35. The first-order valence-corrected chi connectivity index (χ1v) is 9.64. The summed E-state index contributed by atoms with van der Waals surface area (Å²) in [5.41, 5.74) is -1.33. The zero-order valence-electron chi connectivity index (χ0n) is 16.4. The molecule has 2 aromatic heterocycles. The molecule has 1 N–H and O–H groups in total. The maximum atomic E-state index is 13.9. The molecule has 1 amide bonds. The molecule has 0 atom stereocenters. The van der Waals surface area contributed by atoms with E-state index in [9.17, 15) is 22.4 Å². The lowest BCUT2D eigenvalue weighted by atomic mass is 9.78. The van der Waals surface area contributed by atoms with Gasteiger partial charge in [-0.15, -0.1) is 12.4 Å². The van der Waals surface area contributed by atoms with Crippen LogP contribution in [-0.2, 0) is 10.9 Å². The summed E-state index contributed by atoms with van der Waals surface area (Å²) >= 11 is 0. The van der Waals surface area contributed by atoms with Crippen molar-refractivity contribution in [2.24, 2.45) is 5.92 Å². The molecule has 11 heteroatoms. The number of aromatic nitrogens is 2. The SMILES string of the molecule is Cl.O=C1O[C@]2(CC[C@H](CNc3ccc(C(F)(F)F)cn3)CC2)CN1c1cccnc1F. The summed E-state index contributed by atoms with van der Waals surface area (Å²) in [5, 5.41) is 3.07. The average molecular weight is 461 g/mol. The number of carbonyl (C=O) groups excluding carboxylic acids is 1. The second kappa shape index (κ2) is 8.86. The summed E-state index contributed by atoms with van der Waals surface area (Å²) in [5.74, 6) is -0.0650. The van der Waals surface area contributed by atoms with Crippen LogP contribution >= 0.6 is 12.4 Å². The van der Waals surface area contributed by atoms with Crippen molar-refractivity contribution in [1.82, 2.24) is 9.97 Å². The zero-order chi connectivity index (χ0) is 21.4. The van der Waals surface area contributed by atoms with E-state index in [-0.39, 0.29) is 30.6 Å². The number of anilines is 2. The molecule has 168 valence electrons. The standard InChI is InChI=1S/C20H20F4N4O2.ClH/c21-17-15(2-1-9-25-17)28-12-19(30-18(28)29)7-5-13(6-8-19)10-26-16-4-3-14(11-27-16)20(22,23)24;/h1-4,9,11,13H,5-8,10,12H2,(H,26,27);1H/t13-,19-;. The fourth-order valence-electron chi connectivity index (χ4n) is 3.97. The maximum absolute atomic E-state index is 13.9. The van der Waals surface area contributed by atoms with Crippen LogP contribution in [0, 0.1) is 11.9 Å². The van der Waals surface area contributed by atoms with E-state index in [0.717, 1.165) is 25.1 Å². The highest BCUT2D eigenvalue weighted by Crippen LogP contribution is 2.41. The highest BCUT2D eigenvalue weighted by atomic mass is 35.5. The van der Waals surface area contributed by atoms with Crippen molar-refractivity contribution in [3.05, 3.63) is 48.2 Å². The summed E-state index contributed by atoms with van der Waals surface area (Å²) in [6.45, 7) is 0.832. The number of amides is 1. The van der Waals surface area contributed by atoms with E-state index in [1.54, 1.807) is 6.07 Å². The van der Waals surface area contributed by atoms with Crippen LogP contribution in [0.3, 0.4) is 0 Å². The van der Waals surface area contributed by atoms with Crippen LogP contribution in [0.15, 0.2) is 36.7 Å². The lowest BCUT2D eigenvalue weighted by molar-refractivity contribution is -0.137. The highest BCUT2D eigenvalue weighted by Gasteiger charge is 2.48. The third kappa shape index (κ3) is 5.00. The van der Waals surface area contributed by atoms with Crippen LogP contribution in [0.4, 0.5) is 33.9 Å². The lowest BCUT2D eigenvalue weighted by Crippen LogP contribution is -2.39. The molecule has 1 saturated carbocycles. The van der Waals surface area contributed by atoms with Crippen molar-refractivity contribution in [3.63, 3.8) is 0 Å². The molecule has 31 heavy (non-hydrogen) atoms. The minimum Gasteiger partial charge on any atom is -0.441 e. The Kier molecular flexibility index (Phi) is 6.59. The predicted octanol–water partition coefficient (Wildman–Crippen LogP) is 5.05. The minimum atomic E-state index is -4.41. The number of nitrogens with zero attached hydrogens (tertiary/aromatic N) is 3. The van der Waals surface area contributed by atoms with Gasteiger partial charge in [0.15, 0.2) is 0 Å². The average Bonchev–Trinajstić information content (AvgIpc) is 3.03. The Morgan fingerprint density at radius 2 is 1.94 bits per heavy atom. The third-order valence-electron chi connectivity index (χ3n) is 5.68. The van der Waals surface area contributed by atoms with E-state index in [1.807, 2.05) is 0 Å². The molecule has 2 aromatic rings. The molecule has 2 fully saturated rings. The first-order valence-electron chi connectivity index (χ1n) is 9.64. The Bertz CT molecular complexity index is 918. The summed E-state index contributed by atoms with van der Waals surface area (Å²) < 4.78 is 57.4. The fourth-order valence-corrected chi connectivity index (χ4v) is 3.97. The monoisotopic (exact) mass is 460 g/mol. The molecule has 3 heterocycles. The van der Waals surface area contributed by atoms with Gasteiger partial charge in [-0.05, 0) is 55.9 Å². The van der Waals surface area contributed by atoms with Crippen molar-refractivity contribution < 1.29 is 27.1 Å². The van der Waals surface area contributed by atoms with Crippen molar-refractivity contribution >= 4 is 30.0 Å². The first kappa shape index (κ1) is 23.1. The minimum absolute atomic E-state index is 0. The molecule has 4 rings (SSSR count). The van der Waals surface area contributed by atoms with Crippen LogP contribution in [0.1, 0.15) is 31.2 Å². The second-order valence-corrected chi connectivity index (χ2v) is 7.70. The molecule has 2 aliphatic rings. The van der Waals surface area contributed by atoms with Gasteiger partial charge in [-0.3, -0.25) is 4.90 Å². The second-order valence-electron chi connectivity index (χ2n) is 7.70. The number of hydrogen-bond donors (Lipinski definition) is 1. The van der Waals surface area contributed by atoms with Crippen LogP contribution in [0.5, 0.6) is 0 Å². The van der Waals surface area contributed by atoms with Crippen LogP contribution in [-0.4, -0.2) is 34.8 Å². The molecular weight excluding hydrogens is 440 g/mol. The summed E-state index contributed by atoms with van der Waals surface area (Å²) in [6, 6.07) is 5.37. The molecule has 1 saturated heterocycles. The van der Waals surface area contributed by atoms with E-state index in [0.29, 0.717) is 25.2 Å². The van der Waals surface area contributed by atoms with Gasteiger partial charge in [0.05, 0.1) is 12.1 Å². The van der Waals surface area contributed by atoms with Crippen LogP contribution in [0.25, 0.3) is 0 Å².